The van der Waals surface area contributed by atoms with Gasteiger partial charge in [-0.3, -0.25) is 19.3 Å². The molecule has 3 heterocycles. The van der Waals surface area contributed by atoms with Crippen molar-refractivity contribution in [2.24, 2.45) is 13.0 Å². The normalized spacial score (nSPS) is 16.3. The number of aromatic nitrogens is 3. The number of nitrogens with zero attached hydrogens (tertiary/aromatic N) is 4. The van der Waals surface area contributed by atoms with Gasteiger partial charge < -0.3 is 20.3 Å². The number of ether oxygens (including phenoxy) is 1. The largest absolute Gasteiger partial charge is 0.489 e. The van der Waals surface area contributed by atoms with Crippen molar-refractivity contribution in [3.8, 4) is 5.75 Å². The van der Waals surface area contributed by atoms with Crippen LogP contribution in [0.5, 0.6) is 5.75 Å². The molecule has 1 saturated carbocycles. The van der Waals surface area contributed by atoms with Crippen molar-refractivity contribution in [2.75, 3.05) is 23.4 Å². The van der Waals surface area contributed by atoms with Gasteiger partial charge in [-0.1, -0.05) is 31.7 Å². The van der Waals surface area contributed by atoms with Gasteiger partial charge in [0.1, 0.15) is 24.1 Å². The van der Waals surface area contributed by atoms with E-state index in [0.29, 0.717) is 36.7 Å². The van der Waals surface area contributed by atoms with Gasteiger partial charge in [-0.05, 0) is 30.5 Å². The fraction of sp³-hybridized carbons (Fsp3) is 0.385. The number of fused-ring (bicyclic) bond motifs is 1. The van der Waals surface area contributed by atoms with Crippen LogP contribution >= 0.6 is 0 Å². The summed E-state index contributed by atoms with van der Waals surface area (Å²) in [5.41, 5.74) is 2.86. The number of rotatable bonds is 7. The topological polar surface area (TPSA) is 101 Å². The van der Waals surface area contributed by atoms with Crippen LogP contribution in [0, 0.1) is 5.92 Å². The first-order chi connectivity index (χ1) is 17.1. The Morgan fingerprint density at radius 1 is 1.20 bits per heavy atom. The number of pyridine rings is 1. The third-order valence-corrected chi connectivity index (χ3v) is 6.68. The van der Waals surface area contributed by atoms with Gasteiger partial charge in [0.2, 0.25) is 5.91 Å². The van der Waals surface area contributed by atoms with Gasteiger partial charge in [0.25, 0.3) is 5.91 Å². The van der Waals surface area contributed by atoms with Crippen LogP contribution in [0.15, 0.2) is 55.1 Å². The number of benzene rings is 1. The Hall–Kier alpha value is -3.88. The molecular formula is C26H30N6O3. The summed E-state index contributed by atoms with van der Waals surface area (Å²) in [6, 6.07) is 8.66. The second-order valence-corrected chi connectivity index (χ2v) is 9.20. The maximum absolute atomic E-state index is 13.3. The lowest BCUT2D eigenvalue weighted by Crippen LogP contribution is -2.44. The molecule has 0 saturated heterocycles. The molecule has 1 aliphatic heterocycles. The minimum Gasteiger partial charge on any atom is -0.489 e. The molecule has 2 N–H and O–H groups in total. The highest BCUT2D eigenvalue weighted by Gasteiger charge is 2.28. The molecule has 9 nitrogen and oxygen atoms in total. The molecule has 1 aliphatic carbocycles. The van der Waals surface area contributed by atoms with E-state index in [1.165, 1.54) is 12.8 Å². The van der Waals surface area contributed by atoms with Gasteiger partial charge in [-0.15, -0.1) is 0 Å². The molecule has 1 aromatic carbocycles. The molecule has 0 bridgehead atoms. The van der Waals surface area contributed by atoms with Gasteiger partial charge in [-0.2, -0.15) is 5.10 Å². The van der Waals surface area contributed by atoms with Crippen molar-refractivity contribution in [2.45, 2.75) is 38.1 Å². The summed E-state index contributed by atoms with van der Waals surface area (Å²) in [4.78, 5) is 32.8. The van der Waals surface area contributed by atoms with E-state index in [4.69, 9.17) is 4.74 Å². The van der Waals surface area contributed by atoms with E-state index in [9.17, 15) is 9.59 Å². The van der Waals surface area contributed by atoms with E-state index < -0.39 is 6.04 Å². The molecule has 1 atom stereocenters. The molecule has 0 radical (unpaired) electrons. The number of anilines is 3. The summed E-state index contributed by atoms with van der Waals surface area (Å²) >= 11 is 0. The number of aryl methyl sites for hydroxylation is 1. The standard InChI is InChI=1S/C26H30N6O3/c1-31-17-20(15-28-31)29-26(34)22(13-18-5-2-3-6-18)30-25(33)19-7-4-8-21(14-19)32-11-12-35-24-9-10-27-16-23(24)32/h4,7-10,14-18,22H,2-3,5-6,11-13H2,1H3,(H,29,34)(H,30,33)/t22-/m0/s1. The van der Waals surface area contributed by atoms with Crippen molar-refractivity contribution >= 4 is 28.9 Å². The van der Waals surface area contributed by atoms with Crippen LogP contribution < -0.4 is 20.3 Å². The number of hydrogen-bond donors (Lipinski definition) is 2. The lowest BCUT2D eigenvalue weighted by atomic mass is 9.97. The zero-order valence-corrected chi connectivity index (χ0v) is 19.8. The maximum Gasteiger partial charge on any atom is 0.252 e. The van der Waals surface area contributed by atoms with E-state index in [1.807, 2.05) is 24.3 Å². The van der Waals surface area contributed by atoms with Crippen LogP contribution in [-0.4, -0.2) is 45.8 Å². The fourth-order valence-corrected chi connectivity index (χ4v) is 4.92. The molecule has 182 valence electrons. The molecule has 0 unspecified atom stereocenters. The quantitative estimate of drug-likeness (QED) is 0.542. The molecule has 2 amide bonds. The monoisotopic (exact) mass is 474 g/mol. The predicted octanol–water partition coefficient (Wildman–Crippen LogP) is 3.66. The van der Waals surface area contributed by atoms with Crippen LogP contribution in [-0.2, 0) is 11.8 Å². The van der Waals surface area contributed by atoms with E-state index in [1.54, 1.807) is 42.6 Å². The highest BCUT2D eigenvalue weighted by atomic mass is 16.5. The molecule has 2 aromatic heterocycles. The lowest BCUT2D eigenvalue weighted by molar-refractivity contribution is -0.118. The maximum atomic E-state index is 13.3. The average Bonchev–Trinajstić information content (AvgIpc) is 3.54. The van der Waals surface area contributed by atoms with Gasteiger partial charge in [0.15, 0.2) is 0 Å². The molecule has 2 aliphatic rings. The molecule has 3 aromatic rings. The number of carbonyl (C=O) groups excluding carboxylic acids is 2. The van der Waals surface area contributed by atoms with E-state index in [0.717, 1.165) is 30.0 Å². The Balaban J connectivity index is 1.33. The Morgan fingerprint density at radius 2 is 2.06 bits per heavy atom. The molecule has 5 rings (SSSR count). The number of amides is 2. The predicted molar refractivity (Wildman–Crippen MR) is 133 cm³/mol. The summed E-state index contributed by atoms with van der Waals surface area (Å²) in [7, 11) is 1.79. The van der Waals surface area contributed by atoms with Gasteiger partial charge >= 0.3 is 0 Å². The first-order valence-corrected chi connectivity index (χ1v) is 12.1. The van der Waals surface area contributed by atoms with Crippen LogP contribution in [0.25, 0.3) is 0 Å². The Bertz CT molecular complexity index is 1200. The first-order valence-electron chi connectivity index (χ1n) is 12.1. The lowest BCUT2D eigenvalue weighted by Gasteiger charge is -2.31. The molecule has 9 heteroatoms. The summed E-state index contributed by atoms with van der Waals surface area (Å²) in [5.74, 6) is 0.715. The Morgan fingerprint density at radius 3 is 2.86 bits per heavy atom. The van der Waals surface area contributed by atoms with Crippen molar-refractivity contribution in [1.82, 2.24) is 20.1 Å². The van der Waals surface area contributed by atoms with Crippen molar-refractivity contribution in [3.05, 3.63) is 60.7 Å². The van der Waals surface area contributed by atoms with Crippen LogP contribution in [0.4, 0.5) is 17.1 Å². The number of nitrogens with one attached hydrogen (secondary N) is 2. The van der Waals surface area contributed by atoms with Crippen molar-refractivity contribution < 1.29 is 14.3 Å². The molecular weight excluding hydrogens is 444 g/mol. The minimum atomic E-state index is -0.622. The average molecular weight is 475 g/mol. The van der Waals surface area contributed by atoms with E-state index in [2.05, 4.69) is 25.6 Å². The van der Waals surface area contributed by atoms with Gasteiger partial charge in [-0.25, -0.2) is 0 Å². The van der Waals surface area contributed by atoms with Crippen LogP contribution in [0.2, 0.25) is 0 Å². The molecule has 35 heavy (non-hydrogen) atoms. The molecule has 1 fully saturated rings. The highest BCUT2D eigenvalue weighted by molar-refractivity contribution is 6.01. The summed E-state index contributed by atoms with van der Waals surface area (Å²) in [6.07, 6.45) is 12.0. The third-order valence-electron chi connectivity index (χ3n) is 6.68. The SMILES string of the molecule is Cn1cc(NC(=O)[C@H](CC2CCCC2)NC(=O)c2cccc(N3CCOc4ccncc43)c2)cn1. The highest BCUT2D eigenvalue weighted by Crippen LogP contribution is 2.35. The van der Waals surface area contributed by atoms with Crippen molar-refractivity contribution in [1.29, 1.82) is 0 Å². The number of hydrogen-bond acceptors (Lipinski definition) is 6. The van der Waals surface area contributed by atoms with E-state index in [-0.39, 0.29) is 11.8 Å². The first kappa shape index (κ1) is 22.9. The Kier molecular flexibility index (Phi) is 6.65. The van der Waals surface area contributed by atoms with Crippen molar-refractivity contribution in [3.63, 3.8) is 0 Å². The van der Waals surface area contributed by atoms with Gasteiger partial charge in [0.05, 0.1) is 24.6 Å². The zero-order chi connectivity index (χ0) is 24.2. The van der Waals surface area contributed by atoms with Gasteiger partial charge in [0, 0.05) is 36.8 Å². The van der Waals surface area contributed by atoms with E-state index >= 15 is 0 Å². The van der Waals surface area contributed by atoms with Crippen LogP contribution in [0.1, 0.15) is 42.5 Å². The zero-order valence-electron chi connectivity index (χ0n) is 19.8. The summed E-state index contributed by atoms with van der Waals surface area (Å²) in [5, 5.41) is 10.0. The third kappa shape index (κ3) is 5.29. The summed E-state index contributed by atoms with van der Waals surface area (Å²) in [6.45, 7) is 1.20. The smallest absolute Gasteiger partial charge is 0.252 e. The second-order valence-electron chi connectivity index (χ2n) is 9.20. The Labute approximate surface area is 204 Å². The minimum absolute atomic E-state index is 0.220. The fourth-order valence-electron chi connectivity index (χ4n) is 4.92. The summed E-state index contributed by atoms with van der Waals surface area (Å²) < 4.78 is 7.36. The number of carbonyl (C=O) groups is 2. The molecule has 0 spiro atoms. The second kappa shape index (κ2) is 10.2. The van der Waals surface area contributed by atoms with Crippen LogP contribution in [0.3, 0.4) is 0 Å².